The number of pyridine rings is 1. The molecule has 4 nitrogen and oxygen atoms in total. The highest BCUT2D eigenvalue weighted by molar-refractivity contribution is 6.29. The molecule has 2 N–H and O–H groups in total. The maximum atomic E-state index is 5.69. The molecule has 0 bridgehead atoms. The van der Waals surface area contributed by atoms with Gasteiger partial charge in [0.15, 0.2) is 0 Å². The Labute approximate surface area is 92.7 Å². The van der Waals surface area contributed by atoms with Crippen molar-refractivity contribution in [1.29, 1.82) is 0 Å². The molecule has 15 heavy (non-hydrogen) atoms. The zero-order valence-corrected chi connectivity index (χ0v) is 8.99. The van der Waals surface area contributed by atoms with Crippen molar-refractivity contribution in [2.24, 2.45) is 0 Å². The van der Waals surface area contributed by atoms with Crippen LogP contribution in [0, 0.1) is 0 Å². The van der Waals surface area contributed by atoms with Crippen molar-refractivity contribution in [1.82, 2.24) is 15.2 Å². The summed E-state index contributed by atoms with van der Waals surface area (Å²) in [6.45, 7) is 2.04. The summed E-state index contributed by atoms with van der Waals surface area (Å²) in [5, 5.41) is 10.6. The van der Waals surface area contributed by atoms with Gasteiger partial charge in [-0.1, -0.05) is 11.6 Å². The van der Waals surface area contributed by atoms with E-state index in [2.05, 4.69) is 20.5 Å². The molecule has 0 aliphatic rings. The van der Waals surface area contributed by atoms with E-state index < -0.39 is 0 Å². The molecule has 2 aromatic heterocycles. The summed E-state index contributed by atoms with van der Waals surface area (Å²) >= 11 is 5.69. The summed E-state index contributed by atoms with van der Waals surface area (Å²) in [6.07, 6.45) is 3.43. The van der Waals surface area contributed by atoms with E-state index in [0.717, 1.165) is 11.4 Å². The minimum atomic E-state index is 0.162. The lowest BCUT2D eigenvalue weighted by Gasteiger charge is -2.12. The van der Waals surface area contributed by atoms with E-state index in [1.807, 2.05) is 19.1 Å². The first-order valence-corrected chi connectivity index (χ1v) is 5.01. The molecule has 0 spiro atoms. The number of rotatable bonds is 3. The number of hydrogen-bond donors (Lipinski definition) is 2. The molecule has 0 radical (unpaired) electrons. The molecule has 5 heteroatoms. The normalized spacial score (nSPS) is 12.4. The van der Waals surface area contributed by atoms with Crippen molar-refractivity contribution in [2.75, 3.05) is 5.32 Å². The number of aromatic amines is 1. The Hall–Kier alpha value is -1.55. The van der Waals surface area contributed by atoms with E-state index in [1.54, 1.807) is 18.5 Å². The highest BCUT2D eigenvalue weighted by Crippen LogP contribution is 2.17. The SMILES string of the molecule is CC(Nc1ccc(Cl)nc1)c1ccn[nH]1. The van der Waals surface area contributed by atoms with Gasteiger partial charge in [-0.15, -0.1) is 0 Å². The average molecular weight is 223 g/mol. The quantitative estimate of drug-likeness (QED) is 0.785. The van der Waals surface area contributed by atoms with Gasteiger partial charge in [0.25, 0.3) is 0 Å². The van der Waals surface area contributed by atoms with Crippen molar-refractivity contribution in [2.45, 2.75) is 13.0 Å². The van der Waals surface area contributed by atoms with E-state index >= 15 is 0 Å². The molecule has 78 valence electrons. The van der Waals surface area contributed by atoms with Crippen LogP contribution >= 0.6 is 11.6 Å². The van der Waals surface area contributed by atoms with Crippen molar-refractivity contribution in [3.05, 3.63) is 41.4 Å². The minimum Gasteiger partial charge on any atom is -0.376 e. The Kier molecular flexibility index (Phi) is 2.87. The highest BCUT2D eigenvalue weighted by Gasteiger charge is 2.05. The van der Waals surface area contributed by atoms with Gasteiger partial charge in [0.05, 0.1) is 23.6 Å². The number of H-pyrrole nitrogens is 1. The van der Waals surface area contributed by atoms with Crippen molar-refractivity contribution in [3.8, 4) is 0 Å². The molecule has 2 heterocycles. The van der Waals surface area contributed by atoms with E-state index in [-0.39, 0.29) is 6.04 Å². The molecule has 0 aliphatic heterocycles. The number of aromatic nitrogens is 3. The highest BCUT2D eigenvalue weighted by atomic mass is 35.5. The van der Waals surface area contributed by atoms with Crippen LogP contribution in [0.1, 0.15) is 18.7 Å². The average Bonchev–Trinajstić information content (AvgIpc) is 2.74. The molecule has 0 aromatic carbocycles. The molecule has 0 aliphatic carbocycles. The standard InChI is InChI=1S/C10H11ClN4/c1-7(9-4-5-13-15-9)14-8-2-3-10(11)12-6-8/h2-7,14H,1H3,(H,13,15). The number of hydrogen-bond acceptors (Lipinski definition) is 3. The van der Waals surface area contributed by atoms with Gasteiger partial charge in [-0.05, 0) is 25.1 Å². The topological polar surface area (TPSA) is 53.6 Å². The molecular weight excluding hydrogens is 212 g/mol. The molecule has 0 saturated carbocycles. The molecule has 0 fully saturated rings. The van der Waals surface area contributed by atoms with Crippen LogP contribution in [0.3, 0.4) is 0 Å². The van der Waals surface area contributed by atoms with Gasteiger partial charge in [-0.2, -0.15) is 5.10 Å². The summed E-state index contributed by atoms with van der Waals surface area (Å²) < 4.78 is 0. The van der Waals surface area contributed by atoms with Crippen LogP contribution in [0.25, 0.3) is 0 Å². The van der Waals surface area contributed by atoms with E-state index in [1.165, 1.54) is 0 Å². The number of halogens is 1. The van der Waals surface area contributed by atoms with E-state index in [4.69, 9.17) is 11.6 Å². The second-order valence-corrected chi connectivity index (χ2v) is 3.63. The predicted octanol–water partition coefficient (Wildman–Crippen LogP) is 2.63. The summed E-state index contributed by atoms with van der Waals surface area (Å²) in [4.78, 5) is 3.99. The summed E-state index contributed by atoms with van der Waals surface area (Å²) in [5.74, 6) is 0. The third-order valence-electron chi connectivity index (χ3n) is 2.10. The molecule has 0 saturated heterocycles. The Balaban J connectivity index is 2.06. The molecule has 1 unspecified atom stereocenters. The number of nitrogens with one attached hydrogen (secondary N) is 2. The second kappa shape index (κ2) is 4.31. The Morgan fingerprint density at radius 3 is 2.87 bits per heavy atom. The smallest absolute Gasteiger partial charge is 0.129 e. The van der Waals surface area contributed by atoms with Crippen LogP contribution in [0.5, 0.6) is 0 Å². The van der Waals surface area contributed by atoms with Gasteiger partial charge in [0.2, 0.25) is 0 Å². The van der Waals surface area contributed by atoms with Crippen LogP contribution in [-0.4, -0.2) is 15.2 Å². The first kappa shape index (κ1) is 9.98. The monoisotopic (exact) mass is 222 g/mol. The Morgan fingerprint density at radius 2 is 2.27 bits per heavy atom. The largest absolute Gasteiger partial charge is 0.376 e. The lowest BCUT2D eigenvalue weighted by atomic mass is 10.2. The lowest BCUT2D eigenvalue weighted by Crippen LogP contribution is -2.07. The maximum Gasteiger partial charge on any atom is 0.129 e. The van der Waals surface area contributed by atoms with Gasteiger partial charge >= 0.3 is 0 Å². The van der Waals surface area contributed by atoms with Gasteiger partial charge in [0, 0.05) is 6.20 Å². The van der Waals surface area contributed by atoms with Crippen molar-refractivity contribution < 1.29 is 0 Å². The summed E-state index contributed by atoms with van der Waals surface area (Å²) in [7, 11) is 0. The van der Waals surface area contributed by atoms with Crippen LogP contribution in [-0.2, 0) is 0 Å². The third kappa shape index (κ3) is 2.47. The fraction of sp³-hybridized carbons (Fsp3) is 0.200. The molecule has 2 rings (SSSR count). The van der Waals surface area contributed by atoms with Gasteiger partial charge in [-0.25, -0.2) is 4.98 Å². The molecular formula is C10H11ClN4. The maximum absolute atomic E-state index is 5.69. The van der Waals surface area contributed by atoms with Crippen LogP contribution < -0.4 is 5.32 Å². The van der Waals surface area contributed by atoms with E-state index in [0.29, 0.717) is 5.15 Å². The van der Waals surface area contributed by atoms with Crippen LogP contribution in [0.2, 0.25) is 5.15 Å². The Bertz CT molecular complexity index is 409. The summed E-state index contributed by atoms with van der Waals surface area (Å²) in [5.41, 5.74) is 1.96. The predicted molar refractivity (Wildman–Crippen MR) is 59.9 cm³/mol. The zero-order valence-electron chi connectivity index (χ0n) is 8.24. The summed E-state index contributed by atoms with van der Waals surface area (Å²) in [6, 6.07) is 5.74. The fourth-order valence-corrected chi connectivity index (χ4v) is 1.41. The first-order valence-electron chi connectivity index (χ1n) is 4.63. The fourth-order valence-electron chi connectivity index (χ4n) is 1.30. The second-order valence-electron chi connectivity index (χ2n) is 3.25. The van der Waals surface area contributed by atoms with Crippen molar-refractivity contribution >= 4 is 17.3 Å². The molecule has 0 amide bonds. The molecule has 1 atom stereocenters. The van der Waals surface area contributed by atoms with Crippen molar-refractivity contribution in [3.63, 3.8) is 0 Å². The minimum absolute atomic E-state index is 0.162. The van der Waals surface area contributed by atoms with E-state index in [9.17, 15) is 0 Å². The van der Waals surface area contributed by atoms with Gasteiger partial charge in [0.1, 0.15) is 5.15 Å². The Morgan fingerprint density at radius 1 is 1.40 bits per heavy atom. The van der Waals surface area contributed by atoms with Gasteiger partial charge < -0.3 is 5.32 Å². The van der Waals surface area contributed by atoms with Crippen LogP contribution in [0.4, 0.5) is 5.69 Å². The zero-order chi connectivity index (χ0) is 10.7. The third-order valence-corrected chi connectivity index (χ3v) is 2.32. The lowest BCUT2D eigenvalue weighted by molar-refractivity contribution is 0.824. The molecule has 2 aromatic rings. The number of nitrogens with zero attached hydrogens (tertiary/aromatic N) is 2. The first-order chi connectivity index (χ1) is 7.25. The van der Waals surface area contributed by atoms with Gasteiger partial charge in [-0.3, -0.25) is 5.10 Å². The number of anilines is 1. The van der Waals surface area contributed by atoms with Crippen LogP contribution in [0.15, 0.2) is 30.6 Å².